The molecule has 2 N–H and O–H groups in total. The van der Waals surface area contributed by atoms with Crippen LogP contribution in [0.3, 0.4) is 0 Å². The number of anilines is 1. The van der Waals surface area contributed by atoms with E-state index in [9.17, 15) is 27.6 Å². The molecule has 1 fully saturated rings. The Morgan fingerprint density at radius 3 is 2.36 bits per heavy atom. The van der Waals surface area contributed by atoms with E-state index in [1.165, 1.54) is 17.2 Å². The molecule has 3 amide bonds. The molecule has 0 aromatic heterocycles. The Kier molecular flexibility index (Phi) is 8.06. The summed E-state index contributed by atoms with van der Waals surface area (Å²) in [4.78, 5) is 40.7. The van der Waals surface area contributed by atoms with Gasteiger partial charge >= 0.3 is 6.18 Å². The summed E-state index contributed by atoms with van der Waals surface area (Å²) < 4.78 is 50.9. The number of carbonyl (C=O) groups is 3. The molecule has 8 nitrogen and oxygen atoms in total. The van der Waals surface area contributed by atoms with Crippen LogP contribution in [0, 0.1) is 0 Å². The Labute approximate surface area is 252 Å². The van der Waals surface area contributed by atoms with Gasteiger partial charge in [-0.05, 0) is 79.3 Å². The standard InChI is InChI=1S/C33H32F3N3O5/c1-39-27-12-11-25(17-30(40)37-24-14-20-4-2-3-5-21(20)15-24)44-29(27)18-43-28-13-10-23(16-26(28)32(39)42)38-31(41)19-6-8-22(9-7-19)33(34,35)36/h2-10,13,16,24-25,27,29H,11-12,14-15,17-18H2,1H3,(H,37,40)(H,38,41)/t25-,27+,29+/m0/s1. The molecule has 0 unspecified atom stereocenters. The summed E-state index contributed by atoms with van der Waals surface area (Å²) in [5.41, 5.74) is 2.27. The van der Waals surface area contributed by atoms with E-state index in [1.54, 1.807) is 24.1 Å². The average Bonchev–Trinajstić information content (AvgIpc) is 3.41. The molecule has 0 bridgehead atoms. The Balaban J connectivity index is 1.07. The minimum absolute atomic E-state index is 0.0446. The Morgan fingerprint density at radius 1 is 0.977 bits per heavy atom. The first kappa shape index (κ1) is 29.7. The highest BCUT2D eigenvalue weighted by molar-refractivity contribution is 6.05. The number of amides is 3. The number of hydrogen-bond acceptors (Lipinski definition) is 5. The van der Waals surface area contributed by atoms with Gasteiger partial charge in [0.1, 0.15) is 18.5 Å². The van der Waals surface area contributed by atoms with Gasteiger partial charge in [-0.1, -0.05) is 24.3 Å². The summed E-state index contributed by atoms with van der Waals surface area (Å²) in [6.07, 6.45) is -2.13. The lowest BCUT2D eigenvalue weighted by molar-refractivity contribution is -0.137. The van der Waals surface area contributed by atoms with Crippen LogP contribution < -0.4 is 15.4 Å². The van der Waals surface area contributed by atoms with Gasteiger partial charge in [-0.2, -0.15) is 13.2 Å². The van der Waals surface area contributed by atoms with E-state index in [2.05, 4.69) is 22.8 Å². The van der Waals surface area contributed by atoms with E-state index in [4.69, 9.17) is 9.47 Å². The molecule has 3 aromatic rings. The molecular weight excluding hydrogens is 575 g/mol. The number of nitrogens with one attached hydrogen (secondary N) is 2. The van der Waals surface area contributed by atoms with Gasteiger partial charge in [-0.15, -0.1) is 0 Å². The van der Waals surface area contributed by atoms with Crippen molar-refractivity contribution in [1.82, 2.24) is 10.2 Å². The van der Waals surface area contributed by atoms with Crippen LogP contribution in [-0.4, -0.2) is 60.6 Å². The van der Waals surface area contributed by atoms with Gasteiger partial charge in [-0.25, -0.2) is 0 Å². The van der Waals surface area contributed by atoms with E-state index in [0.29, 0.717) is 24.3 Å². The van der Waals surface area contributed by atoms with E-state index in [1.807, 2.05) is 12.1 Å². The topological polar surface area (TPSA) is 97.0 Å². The molecule has 0 radical (unpaired) electrons. The third-order valence-electron chi connectivity index (χ3n) is 8.57. The lowest BCUT2D eigenvalue weighted by Gasteiger charge is -2.42. The highest BCUT2D eigenvalue weighted by Crippen LogP contribution is 2.33. The van der Waals surface area contributed by atoms with Crippen molar-refractivity contribution in [2.24, 2.45) is 0 Å². The fourth-order valence-electron chi connectivity index (χ4n) is 6.27. The maximum absolute atomic E-state index is 13.5. The van der Waals surface area contributed by atoms with Crippen molar-refractivity contribution in [2.75, 3.05) is 19.0 Å². The summed E-state index contributed by atoms with van der Waals surface area (Å²) >= 11 is 0. The zero-order chi connectivity index (χ0) is 31.0. The van der Waals surface area contributed by atoms with Crippen molar-refractivity contribution in [3.05, 3.63) is 94.5 Å². The number of carbonyl (C=O) groups excluding carboxylic acids is 3. The molecule has 230 valence electrons. The predicted molar refractivity (Wildman–Crippen MR) is 156 cm³/mol. The van der Waals surface area contributed by atoms with E-state index in [-0.39, 0.29) is 54.2 Å². The Hall–Kier alpha value is -4.38. The SMILES string of the molecule is CN1C(=O)c2cc(NC(=O)c3ccc(C(F)(F)F)cc3)ccc2OC[C@H]2O[C@H](CC(=O)NC3Cc4ccccc4C3)CC[C@H]21. The molecule has 3 aromatic carbocycles. The highest BCUT2D eigenvalue weighted by Gasteiger charge is 2.39. The third kappa shape index (κ3) is 6.28. The van der Waals surface area contributed by atoms with Gasteiger partial charge in [0.25, 0.3) is 11.8 Å². The molecule has 1 aliphatic carbocycles. The largest absolute Gasteiger partial charge is 0.490 e. The van der Waals surface area contributed by atoms with E-state index in [0.717, 1.165) is 37.1 Å². The number of alkyl halides is 3. The van der Waals surface area contributed by atoms with Crippen molar-refractivity contribution in [3.63, 3.8) is 0 Å². The highest BCUT2D eigenvalue weighted by atomic mass is 19.4. The number of hydrogen-bond donors (Lipinski definition) is 2. The van der Waals surface area contributed by atoms with Gasteiger partial charge in [-0.3, -0.25) is 14.4 Å². The van der Waals surface area contributed by atoms with Crippen molar-refractivity contribution >= 4 is 23.4 Å². The van der Waals surface area contributed by atoms with Crippen LogP contribution in [0.25, 0.3) is 0 Å². The second-order valence-corrected chi connectivity index (χ2v) is 11.6. The van der Waals surface area contributed by atoms with Crippen LogP contribution >= 0.6 is 0 Å². The molecule has 44 heavy (non-hydrogen) atoms. The monoisotopic (exact) mass is 607 g/mol. The second-order valence-electron chi connectivity index (χ2n) is 11.6. The summed E-state index contributed by atoms with van der Waals surface area (Å²) in [7, 11) is 1.69. The molecule has 3 aliphatic rings. The summed E-state index contributed by atoms with van der Waals surface area (Å²) in [5, 5.41) is 5.78. The molecule has 3 atom stereocenters. The van der Waals surface area contributed by atoms with Gasteiger partial charge < -0.3 is 25.0 Å². The van der Waals surface area contributed by atoms with Crippen LogP contribution in [0.5, 0.6) is 5.75 Å². The van der Waals surface area contributed by atoms with Crippen LogP contribution in [0.4, 0.5) is 18.9 Å². The van der Waals surface area contributed by atoms with Gasteiger partial charge in [0.15, 0.2) is 0 Å². The maximum atomic E-state index is 13.5. The maximum Gasteiger partial charge on any atom is 0.416 e. The Bertz CT molecular complexity index is 1550. The van der Waals surface area contributed by atoms with Crippen LogP contribution in [0.1, 0.15) is 56.7 Å². The van der Waals surface area contributed by atoms with Crippen molar-refractivity contribution in [3.8, 4) is 5.75 Å². The molecular formula is C33H32F3N3O5. The zero-order valence-electron chi connectivity index (χ0n) is 24.0. The lowest BCUT2D eigenvalue weighted by Crippen LogP contribution is -2.54. The average molecular weight is 608 g/mol. The Morgan fingerprint density at radius 2 is 1.68 bits per heavy atom. The van der Waals surface area contributed by atoms with Crippen LogP contribution in [-0.2, 0) is 28.5 Å². The first-order valence-electron chi connectivity index (χ1n) is 14.6. The number of halogens is 3. The second kappa shape index (κ2) is 12.0. The molecule has 1 saturated heterocycles. The molecule has 6 rings (SSSR count). The first-order chi connectivity index (χ1) is 21.0. The van der Waals surface area contributed by atoms with Gasteiger partial charge in [0.2, 0.25) is 5.91 Å². The van der Waals surface area contributed by atoms with E-state index < -0.39 is 23.8 Å². The third-order valence-corrected chi connectivity index (χ3v) is 8.57. The summed E-state index contributed by atoms with van der Waals surface area (Å²) in [6.45, 7) is 0.169. The van der Waals surface area contributed by atoms with Gasteiger partial charge in [0, 0.05) is 24.3 Å². The van der Waals surface area contributed by atoms with Crippen molar-refractivity contribution in [2.45, 2.75) is 62.6 Å². The number of rotatable bonds is 5. The lowest BCUT2D eigenvalue weighted by atomic mass is 9.94. The van der Waals surface area contributed by atoms with Crippen LogP contribution in [0.15, 0.2) is 66.7 Å². The number of fused-ring (bicyclic) bond motifs is 3. The van der Waals surface area contributed by atoms with Gasteiger partial charge in [0.05, 0.1) is 29.7 Å². The fourth-order valence-corrected chi connectivity index (χ4v) is 6.27. The quantitative estimate of drug-likeness (QED) is 0.425. The number of ether oxygens (including phenoxy) is 2. The smallest absolute Gasteiger partial charge is 0.416 e. The zero-order valence-corrected chi connectivity index (χ0v) is 24.0. The number of benzene rings is 3. The normalized spacial score (nSPS) is 21.7. The number of nitrogens with zero attached hydrogens (tertiary/aromatic N) is 1. The summed E-state index contributed by atoms with van der Waals surface area (Å²) in [5.74, 6) is -0.670. The molecule has 2 heterocycles. The van der Waals surface area contributed by atoms with E-state index >= 15 is 0 Å². The minimum Gasteiger partial charge on any atom is -0.490 e. The molecule has 2 aliphatic heterocycles. The number of likely N-dealkylation sites (N-methyl/N-ethyl adjacent to an activating group) is 1. The summed E-state index contributed by atoms with van der Waals surface area (Å²) in [6, 6.07) is 16.5. The molecule has 11 heteroatoms. The fraction of sp³-hybridized carbons (Fsp3) is 0.364. The van der Waals surface area contributed by atoms with Crippen molar-refractivity contribution < 1.29 is 37.0 Å². The first-order valence-corrected chi connectivity index (χ1v) is 14.6. The molecule has 0 spiro atoms. The van der Waals surface area contributed by atoms with Crippen LogP contribution in [0.2, 0.25) is 0 Å². The van der Waals surface area contributed by atoms with Crippen molar-refractivity contribution in [1.29, 1.82) is 0 Å². The predicted octanol–water partition coefficient (Wildman–Crippen LogP) is 5.01. The molecule has 0 saturated carbocycles. The minimum atomic E-state index is -4.50.